The van der Waals surface area contributed by atoms with Crippen LogP contribution in [0.15, 0.2) is 121 Å². The molecule has 0 saturated carbocycles. The van der Waals surface area contributed by atoms with Gasteiger partial charge in [0.2, 0.25) is 0 Å². The predicted octanol–water partition coefficient (Wildman–Crippen LogP) is 6.86. The topological polar surface area (TPSA) is 75.6 Å². The van der Waals surface area contributed by atoms with Crippen molar-refractivity contribution in [3.8, 4) is 0 Å². The van der Waals surface area contributed by atoms with Crippen molar-refractivity contribution in [2.24, 2.45) is 0 Å². The first-order valence-electron chi connectivity index (χ1n) is 16.2. The molecule has 1 N–H and O–H groups in total. The van der Waals surface area contributed by atoms with Gasteiger partial charge < -0.3 is 33.5 Å². The largest absolute Gasteiger partial charge is 0.393 e. The average Bonchev–Trinajstić information content (AvgIpc) is 3.11. The second kappa shape index (κ2) is 18.7. The van der Waals surface area contributed by atoms with E-state index in [0.29, 0.717) is 45.9 Å². The maximum atomic E-state index is 10.2. The highest BCUT2D eigenvalue weighted by Crippen LogP contribution is 2.32. The minimum atomic E-state index is -0.768. The second-order valence-corrected chi connectivity index (χ2v) is 11.5. The Morgan fingerprint density at radius 3 is 1.48 bits per heavy atom. The molecule has 0 bridgehead atoms. The van der Waals surface area contributed by atoms with Gasteiger partial charge in [0.1, 0.15) is 24.4 Å². The Morgan fingerprint density at radius 1 is 0.565 bits per heavy atom. The number of rotatable bonds is 18. The van der Waals surface area contributed by atoms with Crippen molar-refractivity contribution in [3.05, 3.63) is 144 Å². The molecule has 0 spiro atoms. The molecule has 6 atom stereocenters. The number of hydrogen-bond donors (Lipinski definition) is 1. The number of aliphatic hydroxyl groups is 1. The maximum absolute atomic E-state index is 10.2. The van der Waals surface area contributed by atoms with Gasteiger partial charge in [-0.05, 0) is 35.1 Å². The van der Waals surface area contributed by atoms with Crippen LogP contribution >= 0.6 is 0 Å². The zero-order chi connectivity index (χ0) is 31.8. The molecule has 1 saturated heterocycles. The van der Waals surface area contributed by atoms with Crippen molar-refractivity contribution in [2.45, 2.75) is 83.0 Å². The number of aliphatic hydroxyl groups excluding tert-OH is 1. The normalized spacial score (nSPS) is 22.0. The Kier molecular flexibility index (Phi) is 13.8. The molecule has 244 valence electrons. The third kappa shape index (κ3) is 10.6. The van der Waals surface area contributed by atoms with E-state index in [1.54, 1.807) is 0 Å². The van der Waals surface area contributed by atoms with Gasteiger partial charge >= 0.3 is 0 Å². The molecule has 4 aromatic rings. The van der Waals surface area contributed by atoms with Gasteiger partial charge in [0.15, 0.2) is 6.29 Å². The number of hydrogen-bond acceptors (Lipinski definition) is 7. The zero-order valence-corrected chi connectivity index (χ0v) is 26.6. The molecule has 1 aliphatic rings. The molecule has 0 amide bonds. The molecule has 7 heteroatoms. The first kappa shape index (κ1) is 33.9. The van der Waals surface area contributed by atoms with E-state index in [0.717, 1.165) is 22.3 Å². The summed E-state index contributed by atoms with van der Waals surface area (Å²) in [6, 6.07) is 40.2. The van der Waals surface area contributed by atoms with Crippen LogP contribution in [0.25, 0.3) is 0 Å². The minimum Gasteiger partial charge on any atom is -0.393 e. The van der Waals surface area contributed by atoms with Crippen LogP contribution in [0.4, 0.5) is 0 Å². The van der Waals surface area contributed by atoms with Crippen LogP contribution in [0.2, 0.25) is 0 Å². The lowest BCUT2D eigenvalue weighted by Crippen LogP contribution is -2.61. The molecule has 0 aliphatic carbocycles. The number of benzene rings is 4. The van der Waals surface area contributed by atoms with E-state index in [-0.39, 0.29) is 6.61 Å². The second-order valence-electron chi connectivity index (χ2n) is 11.5. The first-order valence-corrected chi connectivity index (χ1v) is 16.2. The van der Waals surface area contributed by atoms with Gasteiger partial charge in [0.25, 0.3) is 0 Å². The van der Waals surface area contributed by atoms with E-state index >= 15 is 0 Å². The minimum absolute atomic E-state index is 0.266. The summed E-state index contributed by atoms with van der Waals surface area (Å²) in [6.07, 6.45) is -2.29. The van der Waals surface area contributed by atoms with Crippen molar-refractivity contribution in [1.82, 2.24) is 0 Å². The highest BCUT2D eigenvalue weighted by molar-refractivity contribution is 5.16. The van der Waals surface area contributed by atoms with Gasteiger partial charge in [-0.25, -0.2) is 0 Å². The molecule has 1 heterocycles. The third-order valence-corrected chi connectivity index (χ3v) is 8.05. The fourth-order valence-electron chi connectivity index (χ4n) is 5.41. The van der Waals surface area contributed by atoms with Gasteiger partial charge in [0.05, 0.1) is 45.7 Å². The van der Waals surface area contributed by atoms with E-state index in [2.05, 4.69) is 0 Å². The summed E-state index contributed by atoms with van der Waals surface area (Å²) in [7, 11) is 0. The SMILES string of the molecule is CC[C@@H](O)CCOC1OC(COCc2ccccc2)C(OCc2ccccc2)C(OCc2ccccc2)C1OCc1ccccc1. The highest BCUT2D eigenvalue weighted by Gasteiger charge is 2.49. The molecule has 5 rings (SSSR count). The lowest BCUT2D eigenvalue weighted by Gasteiger charge is -2.46. The van der Waals surface area contributed by atoms with E-state index in [1.807, 2.05) is 128 Å². The van der Waals surface area contributed by atoms with Crippen LogP contribution in [0, 0.1) is 0 Å². The zero-order valence-electron chi connectivity index (χ0n) is 26.6. The van der Waals surface area contributed by atoms with E-state index in [9.17, 15) is 5.11 Å². The van der Waals surface area contributed by atoms with Crippen molar-refractivity contribution in [2.75, 3.05) is 13.2 Å². The predicted molar refractivity (Wildman–Crippen MR) is 177 cm³/mol. The smallest absolute Gasteiger partial charge is 0.186 e. The van der Waals surface area contributed by atoms with E-state index in [4.69, 9.17) is 28.4 Å². The quantitative estimate of drug-likeness (QED) is 0.129. The first-order chi connectivity index (χ1) is 22.7. The van der Waals surface area contributed by atoms with Crippen LogP contribution in [-0.2, 0) is 54.8 Å². The Labute approximate surface area is 273 Å². The van der Waals surface area contributed by atoms with Crippen molar-refractivity contribution in [1.29, 1.82) is 0 Å². The summed E-state index contributed by atoms with van der Waals surface area (Å²) >= 11 is 0. The van der Waals surface area contributed by atoms with Crippen LogP contribution in [0.1, 0.15) is 42.0 Å². The van der Waals surface area contributed by atoms with Gasteiger partial charge in [-0.15, -0.1) is 0 Å². The fraction of sp³-hybridized carbons (Fsp3) is 0.385. The van der Waals surface area contributed by atoms with E-state index < -0.39 is 36.8 Å². The molecule has 1 aliphatic heterocycles. The summed E-state index contributed by atoms with van der Waals surface area (Å²) in [6.45, 7) is 4.04. The van der Waals surface area contributed by atoms with Gasteiger partial charge in [-0.2, -0.15) is 0 Å². The summed E-state index contributed by atoms with van der Waals surface area (Å²) in [5.74, 6) is 0. The van der Waals surface area contributed by atoms with Gasteiger partial charge in [-0.1, -0.05) is 128 Å². The molecule has 0 aromatic heterocycles. The Morgan fingerprint density at radius 2 is 1.00 bits per heavy atom. The lowest BCUT2D eigenvalue weighted by molar-refractivity contribution is -0.328. The number of ether oxygens (including phenoxy) is 6. The van der Waals surface area contributed by atoms with Crippen LogP contribution in [-0.4, -0.2) is 55.1 Å². The van der Waals surface area contributed by atoms with Crippen LogP contribution < -0.4 is 0 Å². The van der Waals surface area contributed by atoms with Crippen molar-refractivity contribution in [3.63, 3.8) is 0 Å². The molecule has 46 heavy (non-hydrogen) atoms. The highest BCUT2D eigenvalue weighted by atomic mass is 16.7. The summed E-state index contributed by atoms with van der Waals surface area (Å²) in [4.78, 5) is 0. The fourth-order valence-corrected chi connectivity index (χ4v) is 5.41. The maximum Gasteiger partial charge on any atom is 0.186 e. The average molecular weight is 627 g/mol. The van der Waals surface area contributed by atoms with Crippen molar-refractivity contribution >= 4 is 0 Å². The lowest BCUT2D eigenvalue weighted by atomic mass is 9.97. The standard InChI is InChI=1S/C39H46O7/c1-2-34(40)23-24-42-39-38(45-28-33-21-13-6-14-22-33)37(44-27-32-19-11-5-12-20-32)36(43-26-31-17-9-4-10-18-31)35(46-39)29-41-25-30-15-7-3-8-16-30/h3-22,34-40H,2,23-29H2,1H3/t34-,35?,36?,37?,38?,39?/m1/s1. The Bertz CT molecular complexity index is 1360. The summed E-state index contributed by atoms with van der Waals surface area (Å²) in [5, 5.41) is 10.2. The van der Waals surface area contributed by atoms with Gasteiger partial charge in [0, 0.05) is 0 Å². The Hall–Kier alpha value is -3.40. The van der Waals surface area contributed by atoms with Crippen LogP contribution in [0.5, 0.6) is 0 Å². The third-order valence-electron chi connectivity index (χ3n) is 8.05. The Balaban J connectivity index is 1.42. The summed E-state index contributed by atoms with van der Waals surface area (Å²) < 4.78 is 39.3. The van der Waals surface area contributed by atoms with Gasteiger partial charge in [-0.3, -0.25) is 0 Å². The molecular weight excluding hydrogens is 580 g/mol. The molecule has 4 aromatic carbocycles. The monoisotopic (exact) mass is 626 g/mol. The molecular formula is C39H46O7. The summed E-state index contributed by atoms with van der Waals surface area (Å²) in [5.41, 5.74) is 4.18. The molecule has 7 nitrogen and oxygen atoms in total. The molecule has 5 unspecified atom stereocenters. The van der Waals surface area contributed by atoms with Crippen LogP contribution in [0.3, 0.4) is 0 Å². The van der Waals surface area contributed by atoms with E-state index in [1.165, 1.54) is 0 Å². The molecule has 0 radical (unpaired) electrons. The van der Waals surface area contributed by atoms with Crippen molar-refractivity contribution < 1.29 is 33.5 Å². The molecule has 1 fully saturated rings.